The number of hydrogen-bond donors (Lipinski definition) is 0. The largest absolute Gasteiger partial charge is 0.295 e. The number of nitrogens with zero attached hydrogens (tertiary/aromatic N) is 2. The predicted octanol–water partition coefficient (Wildman–Crippen LogP) is 4.88. The summed E-state index contributed by atoms with van der Waals surface area (Å²) in [4.78, 5) is 0. The van der Waals surface area contributed by atoms with E-state index in [2.05, 4.69) is 20.2 Å². The van der Waals surface area contributed by atoms with E-state index in [0.717, 1.165) is 29.3 Å². The summed E-state index contributed by atoms with van der Waals surface area (Å²) < 4.78 is 30.9. The molecule has 0 aliphatic carbocycles. The lowest BCUT2D eigenvalue weighted by molar-refractivity contribution is 0.585. The molecule has 1 heterocycles. The van der Waals surface area contributed by atoms with E-state index in [9.17, 15) is 8.78 Å². The standard InChI is InChI=1S/C14H11BrF2N2S/c15-7-8-18-13-3-1-2-4-14(13)19(20-18)12-6-5-10(16)9-11(12)17/h1-6,9H,7-8H2. The molecule has 2 nitrogen and oxygen atoms in total. The highest BCUT2D eigenvalue weighted by Crippen LogP contribution is 2.49. The molecule has 1 aliphatic rings. The molecule has 20 heavy (non-hydrogen) atoms. The second kappa shape index (κ2) is 5.61. The molecule has 1 aliphatic heterocycles. The average molecular weight is 357 g/mol. The average Bonchev–Trinajstić information content (AvgIpc) is 2.79. The Kier molecular flexibility index (Phi) is 3.85. The topological polar surface area (TPSA) is 6.48 Å². The maximum Gasteiger partial charge on any atom is 0.150 e. The van der Waals surface area contributed by atoms with Gasteiger partial charge in [-0.15, -0.1) is 0 Å². The minimum absolute atomic E-state index is 0.362. The van der Waals surface area contributed by atoms with Gasteiger partial charge in [0.2, 0.25) is 0 Å². The second-order valence-corrected chi connectivity index (χ2v) is 6.01. The van der Waals surface area contributed by atoms with Gasteiger partial charge in [0.1, 0.15) is 5.82 Å². The van der Waals surface area contributed by atoms with Gasteiger partial charge in [-0.1, -0.05) is 28.1 Å². The van der Waals surface area contributed by atoms with Gasteiger partial charge in [0.05, 0.1) is 29.2 Å². The summed E-state index contributed by atoms with van der Waals surface area (Å²) in [6.45, 7) is 0.793. The number of hydrogen-bond acceptors (Lipinski definition) is 3. The Labute approximate surface area is 128 Å². The van der Waals surface area contributed by atoms with Crippen LogP contribution < -0.4 is 8.61 Å². The third-order valence-corrected chi connectivity index (χ3v) is 4.45. The van der Waals surface area contributed by atoms with Gasteiger partial charge in [-0.3, -0.25) is 8.61 Å². The molecule has 104 valence electrons. The summed E-state index contributed by atoms with van der Waals surface area (Å²) in [7, 11) is 0. The summed E-state index contributed by atoms with van der Waals surface area (Å²) in [5, 5.41) is 0.814. The second-order valence-electron chi connectivity index (χ2n) is 4.25. The first kappa shape index (κ1) is 13.7. The number of fused-ring (bicyclic) bond motifs is 1. The first-order chi connectivity index (χ1) is 9.70. The fourth-order valence-corrected chi connectivity index (χ4v) is 3.77. The Morgan fingerprint density at radius 1 is 1.00 bits per heavy atom. The van der Waals surface area contributed by atoms with E-state index in [0.29, 0.717) is 5.69 Å². The van der Waals surface area contributed by atoms with E-state index < -0.39 is 11.6 Å². The van der Waals surface area contributed by atoms with Crippen LogP contribution in [0.4, 0.5) is 25.8 Å². The van der Waals surface area contributed by atoms with Crippen molar-refractivity contribution in [1.82, 2.24) is 0 Å². The van der Waals surface area contributed by atoms with Gasteiger partial charge in [-0.05, 0) is 24.3 Å². The fourth-order valence-electron chi connectivity index (χ4n) is 2.09. The smallest absolute Gasteiger partial charge is 0.150 e. The van der Waals surface area contributed by atoms with E-state index in [1.165, 1.54) is 24.3 Å². The molecule has 0 aromatic heterocycles. The fraction of sp³-hybridized carbons (Fsp3) is 0.143. The van der Waals surface area contributed by atoms with Crippen molar-refractivity contribution in [3.05, 3.63) is 54.1 Å². The summed E-state index contributed by atoms with van der Waals surface area (Å²) in [6, 6.07) is 11.4. The van der Waals surface area contributed by atoms with Crippen LogP contribution in [0.25, 0.3) is 0 Å². The van der Waals surface area contributed by atoms with E-state index in [1.807, 2.05) is 24.3 Å². The maximum atomic E-state index is 14.0. The van der Waals surface area contributed by atoms with Crippen LogP contribution >= 0.6 is 28.1 Å². The van der Waals surface area contributed by atoms with Gasteiger partial charge in [-0.2, -0.15) is 0 Å². The molecule has 0 atom stereocenters. The van der Waals surface area contributed by atoms with Crippen LogP contribution in [-0.2, 0) is 0 Å². The van der Waals surface area contributed by atoms with Crippen molar-refractivity contribution >= 4 is 45.1 Å². The van der Waals surface area contributed by atoms with Crippen molar-refractivity contribution in [3.63, 3.8) is 0 Å². The zero-order valence-corrected chi connectivity index (χ0v) is 12.8. The zero-order chi connectivity index (χ0) is 14.1. The van der Waals surface area contributed by atoms with Crippen LogP contribution in [0, 0.1) is 11.6 Å². The Morgan fingerprint density at radius 3 is 2.45 bits per heavy atom. The molecule has 3 rings (SSSR count). The first-order valence-corrected chi connectivity index (χ1v) is 7.91. The Hall–Kier alpha value is -1.27. The van der Waals surface area contributed by atoms with Gasteiger partial charge >= 0.3 is 0 Å². The predicted molar refractivity (Wildman–Crippen MR) is 83.7 cm³/mol. The molecule has 2 aromatic rings. The highest BCUT2D eigenvalue weighted by molar-refractivity contribution is 9.09. The molecule has 0 spiro atoms. The molecule has 0 bridgehead atoms. The van der Waals surface area contributed by atoms with Crippen molar-refractivity contribution in [2.75, 3.05) is 20.5 Å². The maximum absolute atomic E-state index is 14.0. The molecule has 0 saturated heterocycles. The quantitative estimate of drug-likeness (QED) is 0.571. The first-order valence-electron chi connectivity index (χ1n) is 6.06. The zero-order valence-electron chi connectivity index (χ0n) is 10.4. The molecular formula is C14H11BrF2N2S. The van der Waals surface area contributed by atoms with Gasteiger partial charge in [0, 0.05) is 17.9 Å². The molecule has 0 amide bonds. The van der Waals surface area contributed by atoms with E-state index >= 15 is 0 Å². The Bertz CT molecular complexity index is 638. The SMILES string of the molecule is Fc1ccc(N2SN(CCBr)c3ccccc32)c(F)c1. The van der Waals surface area contributed by atoms with Gasteiger partial charge in [-0.25, -0.2) is 8.78 Å². The number of benzene rings is 2. The summed E-state index contributed by atoms with van der Waals surface area (Å²) >= 11 is 4.83. The minimum atomic E-state index is -0.568. The number of rotatable bonds is 3. The molecule has 0 saturated carbocycles. The third kappa shape index (κ3) is 2.38. The van der Waals surface area contributed by atoms with Gasteiger partial charge in [0.15, 0.2) is 5.82 Å². The lowest BCUT2D eigenvalue weighted by atomic mass is 10.2. The van der Waals surface area contributed by atoms with E-state index in [1.54, 1.807) is 4.31 Å². The molecule has 0 unspecified atom stereocenters. The molecule has 6 heteroatoms. The number of para-hydroxylation sites is 2. The van der Waals surface area contributed by atoms with Crippen LogP contribution in [0.3, 0.4) is 0 Å². The molecule has 2 aromatic carbocycles. The van der Waals surface area contributed by atoms with Crippen molar-refractivity contribution < 1.29 is 8.78 Å². The third-order valence-electron chi connectivity index (χ3n) is 2.97. The van der Waals surface area contributed by atoms with Crippen LogP contribution in [0.1, 0.15) is 0 Å². The van der Waals surface area contributed by atoms with Gasteiger partial charge in [0.25, 0.3) is 0 Å². The Balaban J connectivity index is 2.03. The molecular weight excluding hydrogens is 346 g/mol. The normalized spacial score (nSPS) is 13.8. The molecule has 0 radical (unpaired) electrons. The van der Waals surface area contributed by atoms with Crippen LogP contribution in [0.2, 0.25) is 0 Å². The summed E-state index contributed by atoms with van der Waals surface area (Å²) in [5.74, 6) is -1.13. The summed E-state index contributed by atoms with van der Waals surface area (Å²) in [6.07, 6.45) is 0. The molecule has 0 N–H and O–H groups in total. The number of halogens is 3. The van der Waals surface area contributed by atoms with Crippen molar-refractivity contribution in [2.24, 2.45) is 0 Å². The van der Waals surface area contributed by atoms with Crippen LogP contribution in [0.5, 0.6) is 0 Å². The summed E-state index contributed by atoms with van der Waals surface area (Å²) in [5.41, 5.74) is 2.30. The van der Waals surface area contributed by atoms with Gasteiger partial charge < -0.3 is 0 Å². The molecule has 0 fully saturated rings. The minimum Gasteiger partial charge on any atom is -0.295 e. The monoisotopic (exact) mass is 356 g/mol. The Morgan fingerprint density at radius 2 is 1.75 bits per heavy atom. The number of alkyl halides is 1. The highest BCUT2D eigenvalue weighted by atomic mass is 79.9. The van der Waals surface area contributed by atoms with Crippen molar-refractivity contribution in [1.29, 1.82) is 0 Å². The van der Waals surface area contributed by atoms with E-state index in [4.69, 9.17) is 0 Å². The van der Waals surface area contributed by atoms with Crippen molar-refractivity contribution in [3.8, 4) is 0 Å². The number of anilines is 3. The van der Waals surface area contributed by atoms with E-state index in [-0.39, 0.29) is 0 Å². The lowest BCUT2D eigenvalue weighted by Gasteiger charge is -2.19. The highest BCUT2D eigenvalue weighted by Gasteiger charge is 2.29. The lowest BCUT2D eigenvalue weighted by Crippen LogP contribution is -2.16. The van der Waals surface area contributed by atoms with Crippen molar-refractivity contribution in [2.45, 2.75) is 0 Å². The van der Waals surface area contributed by atoms with Crippen LogP contribution in [0.15, 0.2) is 42.5 Å². The van der Waals surface area contributed by atoms with Crippen LogP contribution in [-0.4, -0.2) is 11.9 Å².